The molecule has 1 saturated heterocycles. The Hall–Kier alpha value is -0.660. The monoisotopic (exact) mass is 275 g/mol. The minimum atomic E-state index is -0.996. The van der Waals surface area contributed by atoms with E-state index in [1.807, 2.05) is 6.92 Å². The number of hydrogen-bond acceptors (Lipinski definition) is 5. The van der Waals surface area contributed by atoms with Gasteiger partial charge in [-0.15, -0.1) is 11.8 Å². The van der Waals surface area contributed by atoms with Gasteiger partial charge < -0.3 is 15.1 Å². The summed E-state index contributed by atoms with van der Waals surface area (Å²) in [5.74, 6) is -1.07. The zero-order valence-corrected chi connectivity index (χ0v) is 11.0. The Bertz CT molecular complexity index is 396. The second-order valence-electron chi connectivity index (χ2n) is 4.05. The molecule has 0 aliphatic carbocycles. The van der Waals surface area contributed by atoms with Crippen molar-refractivity contribution in [1.29, 1.82) is 0 Å². The zero-order valence-electron chi connectivity index (χ0n) is 9.36. The Kier molecular flexibility index (Phi) is 3.42. The highest BCUT2D eigenvalue weighted by Gasteiger charge is 2.52. The third-order valence-electron chi connectivity index (χ3n) is 2.79. The number of aliphatic hydroxyl groups excluding tert-OH is 1. The lowest BCUT2D eigenvalue weighted by Crippen LogP contribution is -2.57. The van der Waals surface area contributed by atoms with Crippen molar-refractivity contribution in [2.45, 2.75) is 35.8 Å². The predicted molar refractivity (Wildman–Crippen MR) is 66.5 cm³/mol. The number of carboxylic acids is 1. The van der Waals surface area contributed by atoms with Crippen molar-refractivity contribution in [3.63, 3.8) is 0 Å². The van der Waals surface area contributed by atoms with Crippen LogP contribution in [-0.4, -0.2) is 49.0 Å². The summed E-state index contributed by atoms with van der Waals surface area (Å²) in [5, 5.41) is 17.8. The smallest absolute Gasteiger partial charge is 0.343 e. The average molecular weight is 275 g/mol. The number of fused-ring (bicyclic) bond motifs is 1. The zero-order chi connectivity index (χ0) is 12.7. The van der Waals surface area contributed by atoms with Crippen LogP contribution in [0, 0.1) is 0 Å². The summed E-state index contributed by atoms with van der Waals surface area (Å²) in [6.07, 6.45) is 0.907. The van der Waals surface area contributed by atoms with E-state index >= 15 is 0 Å². The lowest BCUT2D eigenvalue weighted by Gasteiger charge is -2.41. The molecule has 2 aliphatic heterocycles. The first kappa shape index (κ1) is 12.8. The number of aliphatic carboxylic acids is 1. The maximum absolute atomic E-state index is 11.7. The van der Waals surface area contributed by atoms with E-state index in [1.54, 1.807) is 6.92 Å². The molecule has 3 unspecified atom stereocenters. The van der Waals surface area contributed by atoms with Crippen LogP contribution < -0.4 is 0 Å². The minimum Gasteiger partial charge on any atom is -0.477 e. The summed E-state index contributed by atoms with van der Waals surface area (Å²) in [7, 11) is 0. The van der Waals surface area contributed by atoms with Crippen LogP contribution in [0.2, 0.25) is 0 Å². The molecule has 0 aromatic rings. The van der Waals surface area contributed by atoms with Crippen LogP contribution in [0.1, 0.15) is 13.8 Å². The molecule has 2 rings (SSSR count). The number of hydrogen-bond donors (Lipinski definition) is 2. The first-order valence-corrected chi connectivity index (χ1v) is 7.01. The fourth-order valence-corrected chi connectivity index (χ4v) is 4.18. The Labute approximate surface area is 107 Å². The SMILES string of the molecule is CC(O)C(C)SC1C(=O)N2C=C(C(=O)O)S[C@H]12. The van der Waals surface area contributed by atoms with E-state index < -0.39 is 12.1 Å². The van der Waals surface area contributed by atoms with Crippen LogP contribution in [0.5, 0.6) is 0 Å². The van der Waals surface area contributed by atoms with E-state index in [1.165, 1.54) is 34.6 Å². The van der Waals surface area contributed by atoms with Crippen LogP contribution >= 0.6 is 23.5 Å². The van der Waals surface area contributed by atoms with Crippen LogP contribution in [-0.2, 0) is 9.59 Å². The van der Waals surface area contributed by atoms with E-state index in [-0.39, 0.29) is 26.7 Å². The molecule has 5 nitrogen and oxygen atoms in total. The molecular weight excluding hydrogens is 262 g/mol. The summed E-state index contributed by atoms with van der Waals surface area (Å²) in [5.41, 5.74) is 0. The number of β-lactam (4-membered cyclic amide) rings is 1. The predicted octanol–water partition coefficient (Wildman–Crippen LogP) is 0.699. The first-order chi connectivity index (χ1) is 7.91. The molecule has 2 aliphatic rings. The highest BCUT2D eigenvalue weighted by Crippen LogP contribution is 2.47. The van der Waals surface area contributed by atoms with Gasteiger partial charge in [-0.3, -0.25) is 4.79 Å². The largest absolute Gasteiger partial charge is 0.477 e. The third kappa shape index (κ3) is 2.19. The molecule has 2 N–H and O–H groups in total. The highest BCUT2D eigenvalue weighted by molar-refractivity contribution is 8.07. The lowest BCUT2D eigenvalue weighted by atomic mass is 10.2. The number of carbonyl (C=O) groups is 2. The molecule has 2 heterocycles. The summed E-state index contributed by atoms with van der Waals surface area (Å²) in [4.78, 5) is 24.2. The first-order valence-electron chi connectivity index (χ1n) is 5.19. The Morgan fingerprint density at radius 3 is 2.76 bits per heavy atom. The van der Waals surface area contributed by atoms with Crippen molar-refractivity contribution in [3.8, 4) is 0 Å². The average Bonchev–Trinajstić information content (AvgIpc) is 2.65. The minimum absolute atomic E-state index is 0.0411. The van der Waals surface area contributed by atoms with E-state index in [0.29, 0.717) is 0 Å². The maximum Gasteiger partial charge on any atom is 0.343 e. The van der Waals surface area contributed by atoms with Crippen LogP contribution in [0.4, 0.5) is 0 Å². The normalized spacial score (nSPS) is 30.4. The Morgan fingerprint density at radius 2 is 2.24 bits per heavy atom. The molecule has 94 valence electrons. The molecule has 0 saturated carbocycles. The van der Waals surface area contributed by atoms with Crippen molar-refractivity contribution in [2.24, 2.45) is 0 Å². The van der Waals surface area contributed by atoms with Crippen molar-refractivity contribution in [3.05, 3.63) is 11.1 Å². The van der Waals surface area contributed by atoms with Crippen LogP contribution in [0.15, 0.2) is 11.1 Å². The number of thioether (sulfide) groups is 2. The fraction of sp³-hybridized carbons (Fsp3) is 0.600. The van der Waals surface area contributed by atoms with E-state index in [0.717, 1.165) is 0 Å². The second-order valence-corrected chi connectivity index (χ2v) is 6.74. The van der Waals surface area contributed by atoms with Gasteiger partial charge in [0.05, 0.1) is 6.10 Å². The van der Waals surface area contributed by atoms with Gasteiger partial charge in [0.15, 0.2) is 0 Å². The van der Waals surface area contributed by atoms with Crippen LogP contribution in [0.3, 0.4) is 0 Å². The Morgan fingerprint density at radius 1 is 1.59 bits per heavy atom. The van der Waals surface area contributed by atoms with Gasteiger partial charge in [0, 0.05) is 11.4 Å². The number of nitrogens with zero attached hydrogens (tertiary/aromatic N) is 1. The van der Waals surface area contributed by atoms with Crippen molar-refractivity contribution >= 4 is 35.4 Å². The van der Waals surface area contributed by atoms with Crippen molar-refractivity contribution in [1.82, 2.24) is 4.90 Å². The topological polar surface area (TPSA) is 77.8 Å². The van der Waals surface area contributed by atoms with Gasteiger partial charge in [0.25, 0.3) is 0 Å². The number of carboxylic acid groups (broad SMARTS) is 1. The highest BCUT2D eigenvalue weighted by atomic mass is 32.2. The summed E-state index contributed by atoms with van der Waals surface area (Å²) in [6.45, 7) is 3.54. The summed E-state index contributed by atoms with van der Waals surface area (Å²) < 4.78 is 0. The molecule has 1 amide bonds. The number of carbonyl (C=O) groups excluding carboxylic acids is 1. The number of rotatable bonds is 4. The standard InChI is InChI=1S/C10H13NO4S2/c1-4(12)5(2)16-7-8(13)11-3-6(10(14)15)17-9(7)11/h3-5,7,9,12H,1-2H3,(H,14,15)/t4?,5?,7?,9-/m1/s1. The van der Waals surface area contributed by atoms with Crippen molar-refractivity contribution < 1.29 is 19.8 Å². The molecule has 7 heteroatoms. The summed E-state index contributed by atoms with van der Waals surface area (Å²) >= 11 is 2.60. The number of aliphatic hydroxyl groups is 1. The molecular formula is C10H13NO4S2. The van der Waals surface area contributed by atoms with Gasteiger partial charge in [0.2, 0.25) is 5.91 Å². The molecule has 0 radical (unpaired) electrons. The molecule has 4 atom stereocenters. The quantitative estimate of drug-likeness (QED) is 0.735. The second kappa shape index (κ2) is 4.55. The Balaban J connectivity index is 1.99. The molecule has 1 fully saturated rings. The number of amides is 1. The molecule has 0 bridgehead atoms. The van der Waals surface area contributed by atoms with Crippen molar-refractivity contribution in [2.75, 3.05) is 0 Å². The van der Waals surface area contributed by atoms with Gasteiger partial charge >= 0.3 is 5.97 Å². The van der Waals surface area contributed by atoms with Gasteiger partial charge in [-0.05, 0) is 6.92 Å². The summed E-state index contributed by atoms with van der Waals surface area (Å²) in [6, 6.07) is 0. The van der Waals surface area contributed by atoms with E-state index in [9.17, 15) is 14.7 Å². The molecule has 0 aromatic carbocycles. The van der Waals surface area contributed by atoms with E-state index in [4.69, 9.17) is 5.11 Å². The van der Waals surface area contributed by atoms with Gasteiger partial charge in [-0.2, -0.15) is 0 Å². The lowest BCUT2D eigenvalue weighted by molar-refractivity contribution is -0.136. The third-order valence-corrected chi connectivity index (χ3v) is 5.81. The molecule has 17 heavy (non-hydrogen) atoms. The van der Waals surface area contributed by atoms with Gasteiger partial charge in [0.1, 0.15) is 15.5 Å². The molecule has 0 aromatic heterocycles. The fourth-order valence-electron chi connectivity index (χ4n) is 1.58. The maximum atomic E-state index is 11.7. The van der Waals surface area contributed by atoms with Gasteiger partial charge in [-0.25, -0.2) is 4.79 Å². The van der Waals surface area contributed by atoms with E-state index in [2.05, 4.69) is 0 Å². The van der Waals surface area contributed by atoms with Gasteiger partial charge in [-0.1, -0.05) is 18.7 Å². The van der Waals surface area contributed by atoms with Crippen LogP contribution in [0.25, 0.3) is 0 Å². The molecule has 0 spiro atoms.